The Hall–Kier alpha value is -1.63. The van der Waals surface area contributed by atoms with E-state index in [9.17, 15) is 18.0 Å². The lowest BCUT2D eigenvalue weighted by atomic mass is 10.1. The first-order valence-corrected chi connectivity index (χ1v) is 10.1. The van der Waals surface area contributed by atoms with E-state index in [-0.39, 0.29) is 32.1 Å². The van der Waals surface area contributed by atoms with Crippen molar-refractivity contribution in [3.05, 3.63) is 56.5 Å². The van der Waals surface area contributed by atoms with Crippen LogP contribution in [0.1, 0.15) is 48.5 Å². The van der Waals surface area contributed by atoms with Gasteiger partial charge >= 0.3 is 6.18 Å². The van der Waals surface area contributed by atoms with Gasteiger partial charge in [0.2, 0.25) is 0 Å². The molecule has 0 saturated heterocycles. The van der Waals surface area contributed by atoms with Crippen LogP contribution in [0, 0.1) is 0 Å². The predicted octanol–water partition coefficient (Wildman–Crippen LogP) is 7.88. The van der Waals surface area contributed by atoms with Gasteiger partial charge in [0.25, 0.3) is 5.91 Å². The molecule has 0 aliphatic heterocycles. The van der Waals surface area contributed by atoms with E-state index in [4.69, 9.17) is 39.5 Å². The van der Waals surface area contributed by atoms with Gasteiger partial charge in [0, 0.05) is 5.56 Å². The minimum Gasteiger partial charge on any atom is -0.490 e. The molecule has 0 unspecified atom stereocenters. The lowest BCUT2D eigenvalue weighted by Crippen LogP contribution is -2.14. The molecule has 9 heteroatoms. The molecule has 2 aromatic carbocycles. The van der Waals surface area contributed by atoms with Gasteiger partial charge in [-0.25, -0.2) is 0 Å². The number of halogens is 6. The zero-order valence-electron chi connectivity index (χ0n) is 15.5. The lowest BCUT2D eigenvalue weighted by Gasteiger charge is -2.14. The summed E-state index contributed by atoms with van der Waals surface area (Å²) < 4.78 is 44.2. The Morgan fingerprint density at radius 1 is 1.00 bits per heavy atom. The highest BCUT2D eigenvalue weighted by Crippen LogP contribution is 2.36. The SMILES string of the molecule is CCCCCCOc1c(Cl)cc(C(=O)Nc2cc(C(F)(F)F)ccc2Cl)cc1Cl. The number of hydrogen-bond donors (Lipinski definition) is 1. The number of hydrogen-bond acceptors (Lipinski definition) is 2. The van der Waals surface area contributed by atoms with E-state index in [0.29, 0.717) is 6.61 Å². The van der Waals surface area contributed by atoms with E-state index in [2.05, 4.69) is 12.2 Å². The number of anilines is 1. The first-order chi connectivity index (χ1) is 13.6. The van der Waals surface area contributed by atoms with Crippen molar-refractivity contribution >= 4 is 46.4 Å². The molecule has 0 atom stereocenters. The minimum absolute atomic E-state index is 0.0319. The highest BCUT2D eigenvalue weighted by Gasteiger charge is 2.31. The van der Waals surface area contributed by atoms with Crippen LogP contribution in [0.3, 0.4) is 0 Å². The second kappa shape index (κ2) is 10.4. The summed E-state index contributed by atoms with van der Waals surface area (Å²) in [4.78, 5) is 12.5. The largest absolute Gasteiger partial charge is 0.490 e. The van der Waals surface area contributed by atoms with Crippen molar-refractivity contribution < 1.29 is 22.7 Å². The van der Waals surface area contributed by atoms with Crippen LogP contribution >= 0.6 is 34.8 Å². The Balaban J connectivity index is 2.14. The summed E-state index contributed by atoms with van der Waals surface area (Å²) in [5, 5.41) is 2.58. The second-order valence-corrected chi connectivity index (χ2v) is 7.55. The zero-order valence-corrected chi connectivity index (χ0v) is 17.8. The van der Waals surface area contributed by atoms with Crippen LogP contribution in [0.25, 0.3) is 0 Å². The van der Waals surface area contributed by atoms with Gasteiger partial charge in [-0.15, -0.1) is 0 Å². The standard InChI is InChI=1S/C20H19Cl3F3NO2/c1-2-3-4-5-8-29-18-15(22)9-12(10-16(18)23)19(28)27-17-11-13(20(24,25)26)6-7-14(17)21/h6-7,9-11H,2-5,8H2,1H3,(H,27,28). The van der Waals surface area contributed by atoms with Crippen LogP contribution in [0.4, 0.5) is 18.9 Å². The maximum Gasteiger partial charge on any atom is 0.416 e. The van der Waals surface area contributed by atoms with Gasteiger partial charge in [-0.3, -0.25) is 4.79 Å². The first-order valence-electron chi connectivity index (χ1n) is 8.93. The monoisotopic (exact) mass is 467 g/mol. The number of ether oxygens (including phenoxy) is 1. The van der Waals surface area contributed by atoms with Gasteiger partial charge in [0.05, 0.1) is 32.9 Å². The van der Waals surface area contributed by atoms with Crippen molar-refractivity contribution in [3.8, 4) is 5.75 Å². The number of rotatable bonds is 8. The smallest absolute Gasteiger partial charge is 0.416 e. The van der Waals surface area contributed by atoms with Gasteiger partial charge in [-0.1, -0.05) is 61.0 Å². The fraction of sp³-hybridized carbons (Fsp3) is 0.350. The number of alkyl halides is 3. The normalized spacial score (nSPS) is 11.4. The van der Waals surface area contributed by atoms with Gasteiger partial charge in [-0.05, 0) is 36.8 Å². The van der Waals surface area contributed by atoms with Gasteiger partial charge in [-0.2, -0.15) is 13.2 Å². The molecule has 2 rings (SSSR count). The molecule has 2 aromatic rings. The van der Waals surface area contributed by atoms with Crippen LogP contribution in [-0.2, 0) is 6.18 Å². The average molecular weight is 469 g/mol. The Morgan fingerprint density at radius 3 is 2.24 bits per heavy atom. The molecule has 29 heavy (non-hydrogen) atoms. The summed E-state index contributed by atoms with van der Waals surface area (Å²) in [5.41, 5.74) is -1.04. The van der Waals surface area contributed by atoms with Gasteiger partial charge in [0.15, 0.2) is 5.75 Å². The molecule has 3 nitrogen and oxygen atoms in total. The van der Waals surface area contributed by atoms with Crippen molar-refractivity contribution in [2.75, 3.05) is 11.9 Å². The number of carbonyl (C=O) groups excluding carboxylic acids is 1. The highest BCUT2D eigenvalue weighted by molar-refractivity contribution is 6.38. The molecule has 1 N–H and O–H groups in total. The number of benzene rings is 2. The Kier molecular flexibility index (Phi) is 8.49. The fourth-order valence-electron chi connectivity index (χ4n) is 2.52. The van der Waals surface area contributed by atoms with E-state index < -0.39 is 17.6 Å². The topological polar surface area (TPSA) is 38.3 Å². The molecule has 0 aromatic heterocycles. The number of carbonyl (C=O) groups is 1. The lowest BCUT2D eigenvalue weighted by molar-refractivity contribution is -0.137. The van der Waals surface area contributed by atoms with Crippen LogP contribution < -0.4 is 10.1 Å². The van der Waals surface area contributed by atoms with E-state index in [0.717, 1.165) is 43.9 Å². The molecule has 0 radical (unpaired) electrons. The minimum atomic E-state index is -4.56. The average Bonchev–Trinajstić information content (AvgIpc) is 2.64. The van der Waals surface area contributed by atoms with Crippen LogP contribution in [0.5, 0.6) is 5.75 Å². The molecular weight excluding hydrogens is 450 g/mol. The summed E-state index contributed by atoms with van der Waals surface area (Å²) in [6.07, 6.45) is -0.503. The summed E-state index contributed by atoms with van der Waals surface area (Å²) in [5.74, 6) is -0.442. The van der Waals surface area contributed by atoms with E-state index in [1.807, 2.05) is 0 Å². The predicted molar refractivity (Wildman–Crippen MR) is 111 cm³/mol. The second-order valence-electron chi connectivity index (χ2n) is 6.32. The van der Waals surface area contributed by atoms with E-state index >= 15 is 0 Å². The zero-order chi connectivity index (χ0) is 21.6. The summed E-state index contributed by atoms with van der Waals surface area (Å²) >= 11 is 18.3. The molecule has 158 valence electrons. The third-order valence-corrected chi connectivity index (χ3v) is 4.94. The van der Waals surface area contributed by atoms with Crippen molar-refractivity contribution in [3.63, 3.8) is 0 Å². The van der Waals surface area contributed by atoms with Crippen molar-refractivity contribution in [2.24, 2.45) is 0 Å². The summed E-state index contributed by atoms with van der Waals surface area (Å²) in [7, 11) is 0. The third-order valence-electron chi connectivity index (χ3n) is 4.05. The number of amides is 1. The Labute approximate surface area is 182 Å². The summed E-state index contributed by atoms with van der Waals surface area (Å²) in [6, 6.07) is 5.34. The molecule has 0 spiro atoms. The Morgan fingerprint density at radius 2 is 1.66 bits per heavy atom. The number of unbranched alkanes of at least 4 members (excludes halogenated alkanes) is 3. The van der Waals surface area contributed by atoms with Crippen molar-refractivity contribution in [2.45, 2.75) is 38.8 Å². The molecule has 0 aliphatic carbocycles. The quantitative estimate of drug-likeness (QED) is 0.400. The van der Waals surface area contributed by atoms with Crippen LogP contribution in [-0.4, -0.2) is 12.5 Å². The molecule has 0 aliphatic rings. The van der Waals surface area contributed by atoms with Gasteiger partial charge in [0.1, 0.15) is 0 Å². The molecule has 0 heterocycles. The van der Waals surface area contributed by atoms with E-state index in [1.54, 1.807) is 0 Å². The molecule has 0 saturated carbocycles. The highest BCUT2D eigenvalue weighted by atomic mass is 35.5. The molecule has 0 fully saturated rings. The maximum absolute atomic E-state index is 12.9. The maximum atomic E-state index is 12.9. The fourth-order valence-corrected chi connectivity index (χ4v) is 3.28. The molecule has 1 amide bonds. The molecular formula is C20H19Cl3F3NO2. The summed E-state index contributed by atoms with van der Waals surface area (Å²) in [6.45, 7) is 2.54. The van der Waals surface area contributed by atoms with Crippen molar-refractivity contribution in [1.82, 2.24) is 0 Å². The van der Waals surface area contributed by atoms with Crippen LogP contribution in [0.2, 0.25) is 15.1 Å². The first kappa shape index (κ1) is 23.6. The van der Waals surface area contributed by atoms with Crippen molar-refractivity contribution in [1.29, 1.82) is 0 Å². The number of nitrogens with one attached hydrogen (secondary N) is 1. The van der Waals surface area contributed by atoms with Crippen LogP contribution in [0.15, 0.2) is 30.3 Å². The van der Waals surface area contributed by atoms with Gasteiger partial charge < -0.3 is 10.1 Å². The third kappa shape index (κ3) is 6.69. The Bertz CT molecular complexity index is 850. The van der Waals surface area contributed by atoms with E-state index in [1.165, 1.54) is 12.1 Å². The molecule has 0 bridgehead atoms.